The molecule has 16 heavy (non-hydrogen) atoms. The van der Waals surface area contributed by atoms with Crippen molar-refractivity contribution in [2.75, 3.05) is 33.4 Å². The number of ether oxygens (including phenoxy) is 1. The van der Waals surface area contributed by atoms with E-state index in [-0.39, 0.29) is 6.61 Å². The predicted octanol–water partition coefficient (Wildman–Crippen LogP) is 0.571. The Morgan fingerprint density at radius 1 is 1.38 bits per heavy atom. The van der Waals surface area contributed by atoms with Crippen LogP contribution in [0, 0.1) is 0 Å². The van der Waals surface area contributed by atoms with Crippen LogP contribution in [0.1, 0.15) is 5.69 Å². The molecule has 0 saturated carbocycles. The van der Waals surface area contributed by atoms with E-state index in [2.05, 4.69) is 10.2 Å². The Kier molecular flexibility index (Phi) is 6.25. The van der Waals surface area contributed by atoms with Crippen LogP contribution < -0.4 is 0 Å². The summed E-state index contributed by atoms with van der Waals surface area (Å²) in [6, 6.07) is 3.53. The molecule has 1 rings (SSSR count). The van der Waals surface area contributed by atoms with Gasteiger partial charge in [0.25, 0.3) is 0 Å². The minimum absolute atomic E-state index is 0.116. The van der Waals surface area contributed by atoms with E-state index in [0.29, 0.717) is 24.8 Å². The quantitative estimate of drug-likeness (QED) is 0.761. The van der Waals surface area contributed by atoms with Gasteiger partial charge in [-0.2, -0.15) is 5.10 Å². The summed E-state index contributed by atoms with van der Waals surface area (Å²) in [5.41, 5.74) is 0.828. The van der Waals surface area contributed by atoms with Crippen LogP contribution in [-0.4, -0.2) is 53.6 Å². The Labute approximate surface area is 100.0 Å². The van der Waals surface area contributed by atoms with E-state index in [9.17, 15) is 0 Å². The van der Waals surface area contributed by atoms with E-state index in [1.54, 1.807) is 13.2 Å². The Hall–Kier alpha value is -0.750. The maximum Gasteiger partial charge on any atom is 0.151 e. The molecule has 0 aliphatic rings. The molecule has 0 atom stereocenters. The summed E-state index contributed by atoms with van der Waals surface area (Å²) in [6.45, 7) is 2.72. The normalized spacial score (nSPS) is 11.0. The van der Waals surface area contributed by atoms with Crippen molar-refractivity contribution in [1.29, 1.82) is 0 Å². The van der Waals surface area contributed by atoms with Gasteiger partial charge in [-0.15, -0.1) is 5.10 Å². The molecule has 0 aromatic carbocycles. The Morgan fingerprint density at radius 2 is 2.19 bits per heavy atom. The lowest BCUT2D eigenvalue weighted by Crippen LogP contribution is -2.30. The van der Waals surface area contributed by atoms with Crippen LogP contribution in [0.3, 0.4) is 0 Å². The van der Waals surface area contributed by atoms with Crippen molar-refractivity contribution in [3.63, 3.8) is 0 Å². The van der Waals surface area contributed by atoms with Gasteiger partial charge in [-0.05, 0) is 12.1 Å². The van der Waals surface area contributed by atoms with E-state index in [0.717, 1.165) is 12.2 Å². The lowest BCUT2D eigenvalue weighted by atomic mass is 10.3. The number of rotatable bonds is 7. The largest absolute Gasteiger partial charge is 0.395 e. The van der Waals surface area contributed by atoms with Crippen molar-refractivity contribution < 1.29 is 9.84 Å². The van der Waals surface area contributed by atoms with E-state index < -0.39 is 0 Å². The molecule has 1 aromatic rings. The lowest BCUT2D eigenvalue weighted by Gasteiger charge is -2.19. The van der Waals surface area contributed by atoms with Crippen LogP contribution >= 0.6 is 11.6 Å². The van der Waals surface area contributed by atoms with Crippen molar-refractivity contribution in [3.05, 3.63) is 23.0 Å². The van der Waals surface area contributed by atoms with E-state index >= 15 is 0 Å². The number of nitrogens with zero attached hydrogens (tertiary/aromatic N) is 3. The fraction of sp³-hybridized carbons (Fsp3) is 0.600. The SMILES string of the molecule is COCCN(CCO)Cc1ccc(Cl)nn1. The van der Waals surface area contributed by atoms with Crippen molar-refractivity contribution in [1.82, 2.24) is 15.1 Å². The van der Waals surface area contributed by atoms with Crippen LogP contribution in [0.25, 0.3) is 0 Å². The summed E-state index contributed by atoms with van der Waals surface area (Å²) >= 11 is 5.65. The molecule has 0 saturated heterocycles. The fourth-order valence-corrected chi connectivity index (χ4v) is 1.39. The summed E-state index contributed by atoms with van der Waals surface area (Å²) in [5, 5.41) is 17.0. The standard InChI is InChI=1S/C10H16ClN3O2/c1-16-7-5-14(4-6-15)8-9-2-3-10(11)13-12-9/h2-3,15H,4-8H2,1H3. The van der Waals surface area contributed by atoms with Gasteiger partial charge in [-0.1, -0.05) is 11.6 Å². The number of hydrogen-bond donors (Lipinski definition) is 1. The average molecular weight is 246 g/mol. The smallest absolute Gasteiger partial charge is 0.151 e. The highest BCUT2D eigenvalue weighted by molar-refractivity contribution is 6.29. The van der Waals surface area contributed by atoms with Gasteiger partial charge in [0.2, 0.25) is 0 Å². The summed E-state index contributed by atoms with van der Waals surface area (Å²) in [7, 11) is 1.65. The van der Waals surface area contributed by atoms with Crippen LogP contribution in [0.4, 0.5) is 0 Å². The highest BCUT2D eigenvalue weighted by atomic mass is 35.5. The van der Waals surface area contributed by atoms with Crippen molar-refractivity contribution in [3.8, 4) is 0 Å². The first kappa shape index (κ1) is 13.3. The van der Waals surface area contributed by atoms with Gasteiger partial charge < -0.3 is 9.84 Å². The Bertz CT molecular complexity index is 295. The van der Waals surface area contributed by atoms with Gasteiger partial charge in [0, 0.05) is 26.7 Å². The number of hydrogen-bond acceptors (Lipinski definition) is 5. The van der Waals surface area contributed by atoms with Gasteiger partial charge in [0.1, 0.15) is 0 Å². The Morgan fingerprint density at radius 3 is 2.75 bits per heavy atom. The van der Waals surface area contributed by atoms with Gasteiger partial charge in [-0.3, -0.25) is 4.90 Å². The maximum absolute atomic E-state index is 8.92. The molecule has 6 heteroatoms. The van der Waals surface area contributed by atoms with E-state index in [1.807, 2.05) is 11.0 Å². The topological polar surface area (TPSA) is 58.5 Å². The second-order valence-corrected chi connectivity index (χ2v) is 3.73. The first-order valence-electron chi connectivity index (χ1n) is 5.06. The third kappa shape index (κ3) is 4.85. The number of aromatic nitrogens is 2. The zero-order valence-electron chi connectivity index (χ0n) is 9.27. The first-order valence-corrected chi connectivity index (χ1v) is 5.44. The minimum atomic E-state index is 0.116. The average Bonchev–Trinajstić information content (AvgIpc) is 2.29. The van der Waals surface area contributed by atoms with Gasteiger partial charge >= 0.3 is 0 Å². The van der Waals surface area contributed by atoms with Crippen LogP contribution in [-0.2, 0) is 11.3 Å². The monoisotopic (exact) mass is 245 g/mol. The molecule has 0 spiro atoms. The maximum atomic E-state index is 8.92. The van der Waals surface area contributed by atoms with Crippen LogP contribution in [0.5, 0.6) is 0 Å². The summed E-state index contributed by atoms with van der Waals surface area (Å²) in [4.78, 5) is 2.04. The third-order valence-corrected chi connectivity index (χ3v) is 2.30. The van der Waals surface area contributed by atoms with E-state index in [1.165, 1.54) is 0 Å². The molecule has 1 aromatic heterocycles. The molecule has 0 amide bonds. The molecule has 0 bridgehead atoms. The predicted molar refractivity (Wildman–Crippen MR) is 61.3 cm³/mol. The molecular formula is C10H16ClN3O2. The van der Waals surface area contributed by atoms with Gasteiger partial charge in [0.05, 0.1) is 18.9 Å². The molecule has 5 nitrogen and oxygen atoms in total. The number of halogens is 1. The molecule has 1 heterocycles. The molecular weight excluding hydrogens is 230 g/mol. The fourth-order valence-electron chi connectivity index (χ4n) is 1.29. The summed E-state index contributed by atoms with van der Waals surface area (Å²) in [6.07, 6.45) is 0. The first-order chi connectivity index (χ1) is 7.76. The van der Waals surface area contributed by atoms with Crippen LogP contribution in [0.2, 0.25) is 5.15 Å². The number of aliphatic hydroxyl groups excluding tert-OH is 1. The van der Waals surface area contributed by atoms with Crippen molar-refractivity contribution in [2.45, 2.75) is 6.54 Å². The van der Waals surface area contributed by atoms with Gasteiger partial charge in [0.15, 0.2) is 5.15 Å². The second-order valence-electron chi connectivity index (χ2n) is 3.34. The molecule has 0 fully saturated rings. The minimum Gasteiger partial charge on any atom is -0.395 e. The van der Waals surface area contributed by atoms with Crippen LogP contribution in [0.15, 0.2) is 12.1 Å². The van der Waals surface area contributed by atoms with Crippen molar-refractivity contribution >= 4 is 11.6 Å². The highest BCUT2D eigenvalue weighted by Gasteiger charge is 2.06. The third-order valence-electron chi connectivity index (χ3n) is 2.10. The zero-order valence-corrected chi connectivity index (χ0v) is 10.0. The summed E-state index contributed by atoms with van der Waals surface area (Å²) < 4.78 is 5.00. The number of aliphatic hydroxyl groups is 1. The molecule has 0 radical (unpaired) electrons. The van der Waals surface area contributed by atoms with E-state index in [4.69, 9.17) is 21.4 Å². The van der Waals surface area contributed by atoms with Gasteiger partial charge in [-0.25, -0.2) is 0 Å². The summed E-state index contributed by atoms with van der Waals surface area (Å²) in [5.74, 6) is 0. The van der Waals surface area contributed by atoms with Crippen molar-refractivity contribution in [2.24, 2.45) is 0 Å². The molecule has 0 aliphatic heterocycles. The molecule has 1 N–H and O–H groups in total. The second kappa shape index (κ2) is 7.51. The number of methoxy groups -OCH3 is 1. The highest BCUT2D eigenvalue weighted by Crippen LogP contribution is 2.04. The zero-order chi connectivity index (χ0) is 11.8. The molecule has 0 aliphatic carbocycles. The molecule has 90 valence electrons. The lowest BCUT2D eigenvalue weighted by molar-refractivity contribution is 0.126. The molecule has 0 unspecified atom stereocenters. The Balaban J connectivity index is 2.49.